The molecule has 2 aromatic rings. The molecule has 0 unspecified atom stereocenters. The van der Waals surface area contributed by atoms with E-state index in [4.69, 9.17) is 0 Å². The third kappa shape index (κ3) is 5.39. The molecule has 4 rings (SSSR count). The van der Waals surface area contributed by atoms with Crippen LogP contribution in [-0.4, -0.2) is 28.3 Å². The Kier molecular flexibility index (Phi) is 6.90. The van der Waals surface area contributed by atoms with E-state index in [9.17, 15) is 16.8 Å². The highest BCUT2D eigenvalue weighted by atomic mass is 32.2. The van der Waals surface area contributed by atoms with Crippen LogP contribution in [0, 0.1) is 25.7 Å². The van der Waals surface area contributed by atoms with Crippen LogP contribution < -0.4 is 9.66 Å². The molecule has 0 radical (unpaired) electrons. The van der Waals surface area contributed by atoms with E-state index < -0.39 is 20.0 Å². The van der Waals surface area contributed by atoms with Crippen LogP contribution in [0.15, 0.2) is 80.7 Å². The molecule has 0 spiro atoms. The summed E-state index contributed by atoms with van der Waals surface area (Å²) in [7, 11) is -7.54. The van der Waals surface area contributed by atoms with Gasteiger partial charge in [0.2, 0.25) is 0 Å². The Balaban J connectivity index is 1.51. The van der Waals surface area contributed by atoms with Gasteiger partial charge in [-0.25, -0.2) is 9.66 Å². The first-order chi connectivity index (χ1) is 16.2. The van der Waals surface area contributed by atoms with Gasteiger partial charge in [0.15, 0.2) is 0 Å². The number of aryl methyl sites for hydroxylation is 2. The molecular weight excluding hydrogens is 472 g/mol. The van der Waals surface area contributed by atoms with E-state index in [2.05, 4.69) is 19.9 Å². The minimum absolute atomic E-state index is 0.0397. The zero-order valence-electron chi connectivity index (χ0n) is 19.1. The van der Waals surface area contributed by atoms with Crippen LogP contribution in [0.3, 0.4) is 0 Å². The smallest absolute Gasteiger partial charge is 0.200 e. The molecule has 8 nitrogen and oxygen atoms in total. The van der Waals surface area contributed by atoms with Gasteiger partial charge < -0.3 is 0 Å². The summed E-state index contributed by atoms with van der Waals surface area (Å²) in [5, 5.41) is 8.58. The monoisotopic (exact) mass is 500 g/mol. The number of hydrazone groups is 2. The van der Waals surface area contributed by atoms with Gasteiger partial charge in [0.25, 0.3) is 20.0 Å². The average Bonchev–Trinajstić information content (AvgIpc) is 2.82. The summed E-state index contributed by atoms with van der Waals surface area (Å²) >= 11 is 0. The molecule has 0 aromatic heterocycles. The number of hydrogen-bond donors (Lipinski definition) is 2. The van der Waals surface area contributed by atoms with Crippen LogP contribution in [0.5, 0.6) is 0 Å². The van der Waals surface area contributed by atoms with Crippen molar-refractivity contribution in [2.24, 2.45) is 22.0 Å². The number of hydrogen-bond acceptors (Lipinski definition) is 6. The van der Waals surface area contributed by atoms with Crippen LogP contribution in [0.25, 0.3) is 0 Å². The summed E-state index contributed by atoms with van der Waals surface area (Å²) in [4.78, 5) is 5.08. The minimum atomic E-state index is -3.77. The zero-order chi connectivity index (χ0) is 24.3. The standard InChI is InChI=1S/C24H28N4O4S2/c1-17-7-11-19(12-8-17)33(29,30)27-25-23-15-16-24(22-6-4-3-5-21(22)23)26-28-34(31,32)20-13-9-18(2)10-14-20/h3-4,7-14,21-22,27-28H,5-6,15-16H2,1-2H3/t21-,22+. The highest BCUT2D eigenvalue weighted by Gasteiger charge is 2.35. The van der Waals surface area contributed by atoms with Gasteiger partial charge in [-0.15, -0.1) is 0 Å². The summed E-state index contributed by atoms with van der Waals surface area (Å²) in [6, 6.07) is 13.2. The van der Waals surface area contributed by atoms with Crippen molar-refractivity contribution in [2.45, 2.75) is 49.3 Å². The van der Waals surface area contributed by atoms with Crippen LogP contribution >= 0.6 is 0 Å². The van der Waals surface area contributed by atoms with Crippen molar-refractivity contribution in [3.05, 3.63) is 71.8 Å². The van der Waals surface area contributed by atoms with Gasteiger partial charge in [0, 0.05) is 23.3 Å². The van der Waals surface area contributed by atoms with Crippen molar-refractivity contribution in [1.82, 2.24) is 9.66 Å². The van der Waals surface area contributed by atoms with Gasteiger partial charge in [0.05, 0.1) is 9.79 Å². The van der Waals surface area contributed by atoms with E-state index in [0.29, 0.717) is 25.7 Å². The molecule has 2 aliphatic carbocycles. The molecule has 2 aromatic carbocycles. The fourth-order valence-corrected chi connectivity index (χ4v) is 5.91. The second-order valence-corrected chi connectivity index (χ2v) is 12.0. The molecule has 0 amide bonds. The molecule has 2 N–H and O–H groups in total. The Morgan fingerprint density at radius 1 is 0.647 bits per heavy atom. The third-order valence-electron chi connectivity index (χ3n) is 6.21. The van der Waals surface area contributed by atoms with Gasteiger partial charge in [-0.1, -0.05) is 47.5 Å². The maximum Gasteiger partial charge on any atom is 0.276 e. The van der Waals surface area contributed by atoms with Crippen LogP contribution in [0.4, 0.5) is 0 Å². The number of rotatable bonds is 6. The predicted molar refractivity (Wildman–Crippen MR) is 132 cm³/mol. The third-order valence-corrected chi connectivity index (χ3v) is 8.66. The normalized spacial score (nSPS) is 23.0. The minimum Gasteiger partial charge on any atom is -0.200 e. The molecule has 1 saturated carbocycles. The van der Waals surface area contributed by atoms with Gasteiger partial charge in [0.1, 0.15) is 0 Å². The first kappa shape index (κ1) is 24.2. The van der Waals surface area contributed by atoms with E-state index in [1.807, 2.05) is 26.0 Å². The molecule has 0 saturated heterocycles. The van der Waals surface area contributed by atoms with Crippen molar-refractivity contribution in [3.63, 3.8) is 0 Å². The maximum absolute atomic E-state index is 12.6. The molecule has 34 heavy (non-hydrogen) atoms. The Bertz CT molecular complexity index is 1240. The Morgan fingerprint density at radius 3 is 1.35 bits per heavy atom. The molecular formula is C24H28N4O4S2. The van der Waals surface area contributed by atoms with Gasteiger partial charge in [-0.05, 0) is 63.8 Å². The zero-order valence-corrected chi connectivity index (χ0v) is 20.7. The SMILES string of the molecule is Cc1ccc(S(=O)(=O)NN=C2CCC(=NNS(=O)(=O)c3ccc(C)cc3)[C@@H]3CC=CC[C@H]23)cc1. The molecule has 10 heteroatoms. The molecule has 180 valence electrons. The van der Waals surface area contributed by atoms with E-state index in [-0.39, 0.29) is 21.6 Å². The van der Waals surface area contributed by atoms with E-state index in [1.165, 1.54) is 0 Å². The van der Waals surface area contributed by atoms with Crippen LogP contribution in [0.2, 0.25) is 0 Å². The quantitative estimate of drug-likeness (QED) is 0.465. The lowest BCUT2D eigenvalue weighted by Crippen LogP contribution is -2.39. The van der Waals surface area contributed by atoms with Gasteiger partial charge in [-0.2, -0.15) is 27.0 Å². The lowest BCUT2D eigenvalue weighted by molar-refractivity contribution is 0.485. The highest BCUT2D eigenvalue weighted by molar-refractivity contribution is 7.89. The Hall–Kier alpha value is -2.98. The fourth-order valence-electron chi connectivity index (χ4n) is 4.23. The Labute approximate surface area is 201 Å². The average molecular weight is 501 g/mol. The van der Waals surface area contributed by atoms with Crippen LogP contribution in [-0.2, 0) is 20.0 Å². The summed E-state index contributed by atoms with van der Waals surface area (Å²) in [6.07, 6.45) is 6.47. The van der Waals surface area contributed by atoms with Crippen molar-refractivity contribution < 1.29 is 16.8 Å². The summed E-state index contributed by atoms with van der Waals surface area (Å²) in [6.45, 7) is 3.78. The second kappa shape index (κ2) is 9.71. The molecule has 0 heterocycles. The lowest BCUT2D eigenvalue weighted by Gasteiger charge is -2.35. The number of nitrogens with zero attached hydrogens (tertiary/aromatic N) is 2. The van der Waals surface area contributed by atoms with Crippen molar-refractivity contribution in [2.75, 3.05) is 0 Å². The second-order valence-electron chi connectivity index (χ2n) is 8.68. The first-order valence-electron chi connectivity index (χ1n) is 11.1. The maximum atomic E-state index is 12.6. The van der Waals surface area contributed by atoms with Crippen molar-refractivity contribution in [3.8, 4) is 0 Å². The van der Waals surface area contributed by atoms with Gasteiger partial charge in [-0.3, -0.25) is 0 Å². The largest absolute Gasteiger partial charge is 0.276 e. The summed E-state index contributed by atoms with van der Waals surface area (Å²) < 4.78 is 50.6. The summed E-state index contributed by atoms with van der Waals surface area (Å²) in [5.41, 5.74) is 3.45. The number of nitrogens with one attached hydrogen (secondary N) is 2. The topological polar surface area (TPSA) is 117 Å². The number of fused-ring (bicyclic) bond motifs is 1. The van der Waals surface area contributed by atoms with Crippen molar-refractivity contribution in [1.29, 1.82) is 0 Å². The molecule has 0 bridgehead atoms. The fraction of sp³-hybridized carbons (Fsp3) is 0.333. The van der Waals surface area contributed by atoms with E-state index in [0.717, 1.165) is 22.6 Å². The predicted octanol–water partition coefficient (Wildman–Crippen LogP) is 3.65. The molecule has 2 aliphatic rings. The van der Waals surface area contributed by atoms with E-state index in [1.54, 1.807) is 48.5 Å². The lowest BCUT2D eigenvalue weighted by atomic mass is 9.71. The highest BCUT2D eigenvalue weighted by Crippen LogP contribution is 2.35. The van der Waals surface area contributed by atoms with Crippen molar-refractivity contribution >= 4 is 31.5 Å². The summed E-state index contributed by atoms with van der Waals surface area (Å²) in [5.74, 6) is -0.0795. The van der Waals surface area contributed by atoms with Gasteiger partial charge >= 0.3 is 0 Å². The number of benzene rings is 2. The van der Waals surface area contributed by atoms with Crippen LogP contribution in [0.1, 0.15) is 36.8 Å². The van der Waals surface area contributed by atoms with E-state index >= 15 is 0 Å². The molecule has 0 aliphatic heterocycles. The molecule has 2 atom stereocenters. The Morgan fingerprint density at radius 2 is 1.00 bits per heavy atom. The molecule has 1 fully saturated rings. The first-order valence-corrected chi connectivity index (χ1v) is 14.1. The number of allylic oxidation sites excluding steroid dienone is 2. The number of sulfonamides is 2.